The van der Waals surface area contributed by atoms with Crippen LogP contribution in [0, 0.1) is 11.7 Å². The first-order chi connectivity index (χ1) is 12.1. The summed E-state index contributed by atoms with van der Waals surface area (Å²) >= 11 is 1.72. The second kappa shape index (κ2) is 12.4. The van der Waals surface area contributed by atoms with Crippen LogP contribution in [0.3, 0.4) is 0 Å². The molecule has 1 aromatic carbocycles. The molecule has 0 spiro atoms. The summed E-state index contributed by atoms with van der Waals surface area (Å²) in [7, 11) is 3.22. The largest absolute Gasteiger partial charge is 0.469 e. The highest BCUT2D eigenvalue weighted by atomic mass is 127. The summed E-state index contributed by atoms with van der Waals surface area (Å²) in [5, 5.41) is 3.38. The highest BCUT2D eigenvalue weighted by Gasteiger charge is 2.26. The lowest BCUT2D eigenvalue weighted by molar-refractivity contribution is -0.146. The van der Waals surface area contributed by atoms with Crippen molar-refractivity contribution in [3.05, 3.63) is 30.1 Å². The number of piperidine rings is 1. The number of likely N-dealkylation sites (tertiary alicyclic amines) is 1. The van der Waals surface area contributed by atoms with E-state index in [1.165, 1.54) is 19.2 Å². The van der Waals surface area contributed by atoms with Gasteiger partial charge in [-0.15, -0.1) is 35.7 Å². The smallest absolute Gasteiger partial charge is 0.308 e. The van der Waals surface area contributed by atoms with Crippen molar-refractivity contribution in [2.75, 3.05) is 39.5 Å². The summed E-state index contributed by atoms with van der Waals surface area (Å²) in [4.78, 5) is 19.2. The number of carbonyl (C=O) groups excluding carboxylic acids is 1. The minimum Gasteiger partial charge on any atom is -0.469 e. The van der Waals surface area contributed by atoms with E-state index in [4.69, 9.17) is 4.74 Å². The standard InChI is InChI=1S/C18H26FN3O2S.HI/c1-20-18(22-11-8-14(9-12-22)17(23)24-2)21-10-3-13-25-16-6-4-15(19)5-7-16;/h4-7,14H,3,8-13H2,1-2H3,(H,20,21);1H. The number of rotatable bonds is 6. The predicted octanol–water partition coefficient (Wildman–Crippen LogP) is 3.39. The van der Waals surface area contributed by atoms with E-state index in [0.29, 0.717) is 0 Å². The lowest BCUT2D eigenvalue weighted by Gasteiger charge is -2.33. The molecule has 5 nitrogen and oxygen atoms in total. The number of methoxy groups -OCH3 is 1. The summed E-state index contributed by atoms with van der Waals surface area (Å²) in [6.45, 7) is 2.45. The van der Waals surface area contributed by atoms with Gasteiger partial charge in [0.15, 0.2) is 5.96 Å². The van der Waals surface area contributed by atoms with E-state index >= 15 is 0 Å². The van der Waals surface area contributed by atoms with Gasteiger partial charge in [0.1, 0.15) is 5.82 Å². The highest BCUT2D eigenvalue weighted by molar-refractivity contribution is 14.0. The molecule has 1 saturated heterocycles. The van der Waals surface area contributed by atoms with Crippen LogP contribution < -0.4 is 5.32 Å². The van der Waals surface area contributed by atoms with Gasteiger partial charge in [0.05, 0.1) is 13.0 Å². The zero-order valence-electron chi connectivity index (χ0n) is 15.2. The van der Waals surface area contributed by atoms with Crippen LogP contribution in [-0.4, -0.2) is 56.4 Å². The first-order valence-electron chi connectivity index (χ1n) is 8.56. The maximum atomic E-state index is 12.9. The molecule has 146 valence electrons. The zero-order chi connectivity index (χ0) is 18.1. The van der Waals surface area contributed by atoms with Crippen molar-refractivity contribution >= 4 is 47.7 Å². The number of halogens is 2. The molecule has 2 rings (SSSR count). The quantitative estimate of drug-likeness (QED) is 0.164. The number of thioether (sulfide) groups is 1. The van der Waals surface area contributed by atoms with Crippen LogP contribution in [0.2, 0.25) is 0 Å². The molecule has 0 aromatic heterocycles. The van der Waals surface area contributed by atoms with Crippen LogP contribution in [0.15, 0.2) is 34.2 Å². The second-order valence-electron chi connectivity index (χ2n) is 5.91. The van der Waals surface area contributed by atoms with Gasteiger partial charge in [0.25, 0.3) is 0 Å². The second-order valence-corrected chi connectivity index (χ2v) is 7.08. The molecule has 1 N–H and O–H groups in total. The number of aliphatic imine (C=N–C) groups is 1. The van der Waals surface area contributed by atoms with Crippen molar-refractivity contribution in [1.29, 1.82) is 0 Å². The van der Waals surface area contributed by atoms with E-state index in [1.54, 1.807) is 30.9 Å². The summed E-state index contributed by atoms with van der Waals surface area (Å²) in [6.07, 6.45) is 2.58. The van der Waals surface area contributed by atoms with Crippen molar-refractivity contribution in [2.45, 2.75) is 24.2 Å². The third-order valence-corrected chi connectivity index (χ3v) is 5.33. The lowest BCUT2D eigenvalue weighted by Crippen LogP contribution is -2.46. The van der Waals surface area contributed by atoms with Gasteiger partial charge in [-0.25, -0.2) is 4.39 Å². The van der Waals surface area contributed by atoms with E-state index in [9.17, 15) is 9.18 Å². The van der Waals surface area contributed by atoms with Gasteiger partial charge in [0.2, 0.25) is 0 Å². The average Bonchev–Trinajstić information content (AvgIpc) is 2.65. The molecule has 1 fully saturated rings. The Kier molecular flexibility index (Phi) is 11.0. The molecule has 1 aliphatic heterocycles. The highest BCUT2D eigenvalue weighted by Crippen LogP contribution is 2.19. The SMILES string of the molecule is CN=C(NCCCSc1ccc(F)cc1)N1CCC(C(=O)OC)CC1.I. The number of ether oxygens (including phenoxy) is 1. The average molecular weight is 495 g/mol. The molecule has 0 bridgehead atoms. The van der Waals surface area contributed by atoms with E-state index in [-0.39, 0.29) is 41.7 Å². The fourth-order valence-corrected chi connectivity index (χ4v) is 3.67. The number of esters is 1. The molecular weight excluding hydrogens is 468 g/mol. The summed E-state index contributed by atoms with van der Waals surface area (Å²) in [5.41, 5.74) is 0. The lowest BCUT2D eigenvalue weighted by atomic mass is 9.97. The maximum absolute atomic E-state index is 12.9. The van der Waals surface area contributed by atoms with E-state index in [1.807, 2.05) is 0 Å². The fourth-order valence-electron chi connectivity index (χ4n) is 2.82. The Morgan fingerprint density at radius 1 is 1.35 bits per heavy atom. The van der Waals surface area contributed by atoms with E-state index in [0.717, 1.165) is 55.5 Å². The Morgan fingerprint density at radius 3 is 2.58 bits per heavy atom. The number of benzene rings is 1. The van der Waals surface area contributed by atoms with E-state index in [2.05, 4.69) is 15.2 Å². The third-order valence-electron chi connectivity index (χ3n) is 4.23. The molecule has 0 atom stereocenters. The Bertz CT molecular complexity index is 578. The van der Waals surface area contributed by atoms with Crippen molar-refractivity contribution in [2.24, 2.45) is 10.9 Å². The Balaban J connectivity index is 0.00000338. The number of nitrogens with zero attached hydrogens (tertiary/aromatic N) is 2. The van der Waals surface area contributed by atoms with Gasteiger partial charge in [-0.3, -0.25) is 9.79 Å². The molecule has 26 heavy (non-hydrogen) atoms. The number of hydrogen-bond acceptors (Lipinski definition) is 4. The zero-order valence-corrected chi connectivity index (χ0v) is 18.4. The predicted molar refractivity (Wildman–Crippen MR) is 115 cm³/mol. The minimum atomic E-state index is -0.203. The van der Waals surface area contributed by atoms with Crippen LogP contribution in [0.1, 0.15) is 19.3 Å². The van der Waals surface area contributed by atoms with Crippen LogP contribution in [-0.2, 0) is 9.53 Å². The van der Waals surface area contributed by atoms with Gasteiger partial charge in [0, 0.05) is 31.6 Å². The molecule has 1 aliphatic rings. The molecule has 0 saturated carbocycles. The van der Waals surface area contributed by atoms with Crippen LogP contribution in [0.25, 0.3) is 0 Å². The van der Waals surface area contributed by atoms with Crippen molar-refractivity contribution in [3.8, 4) is 0 Å². The molecule has 1 aromatic rings. The Hall–Kier alpha value is -1.03. The first-order valence-corrected chi connectivity index (χ1v) is 9.54. The van der Waals surface area contributed by atoms with Crippen LogP contribution >= 0.6 is 35.7 Å². The normalized spacial score (nSPS) is 15.3. The molecular formula is C18H27FIN3O2S. The number of carbonyl (C=O) groups is 1. The molecule has 0 radical (unpaired) electrons. The summed E-state index contributed by atoms with van der Waals surface area (Å²) in [5.74, 6) is 1.54. The van der Waals surface area contributed by atoms with Crippen molar-refractivity contribution < 1.29 is 13.9 Å². The maximum Gasteiger partial charge on any atom is 0.308 e. The van der Waals surface area contributed by atoms with Crippen LogP contribution in [0.4, 0.5) is 4.39 Å². The van der Waals surface area contributed by atoms with Crippen molar-refractivity contribution in [1.82, 2.24) is 10.2 Å². The van der Waals surface area contributed by atoms with Gasteiger partial charge < -0.3 is 15.0 Å². The molecule has 0 unspecified atom stereocenters. The van der Waals surface area contributed by atoms with Crippen molar-refractivity contribution in [3.63, 3.8) is 0 Å². The molecule has 8 heteroatoms. The third kappa shape index (κ3) is 7.30. The van der Waals surface area contributed by atoms with Gasteiger partial charge in [-0.1, -0.05) is 0 Å². The minimum absolute atomic E-state index is 0. The molecule has 1 heterocycles. The van der Waals surface area contributed by atoms with Gasteiger partial charge in [-0.05, 0) is 49.3 Å². The first kappa shape index (κ1) is 23.0. The number of guanidine groups is 1. The number of hydrogen-bond donors (Lipinski definition) is 1. The fraction of sp³-hybridized carbons (Fsp3) is 0.556. The van der Waals surface area contributed by atoms with Crippen LogP contribution in [0.5, 0.6) is 0 Å². The summed E-state index contributed by atoms with van der Waals surface area (Å²) < 4.78 is 17.7. The Labute approximate surface area is 176 Å². The molecule has 0 amide bonds. The van der Waals surface area contributed by atoms with Gasteiger partial charge in [-0.2, -0.15) is 0 Å². The van der Waals surface area contributed by atoms with Gasteiger partial charge >= 0.3 is 5.97 Å². The molecule has 0 aliphatic carbocycles. The topological polar surface area (TPSA) is 53.9 Å². The number of nitrogens with one attached hydrogen (secondary N) is 1. The monoisotopic (exact) mass is 495 g/mol. The van der Waals surface area contributed by atoms with E-state index < -0.39 is 0 Å². The summed E-state index contributed by atoms with van der Waals surface area (Å²) in [6, 6.07) is 6.58. The Morgan fingerprint density at radius 2 is 2.00 bits per heavy atom.